The van der Waals surface area contributed by atoms with Gasteiger partial charge in [-0.15, -0.1) is 11.8 Å². The molecule has 0 heterocycles. The Morgan fingerprint density at radius 3 is 1.92 bits per heavy atom. The van der Waals surface area contributed by atoms with Gasteiger partial charge in [0.25, 0.3) is 0 Å². The molecule has 0 aliphatic heterocycles. The molecule has 0 saturated heterocycles. The minimum atomic E-state index is -4.61. The molecule has 11 heteroatoms. The molecule has 3 aromatic rings. The molecule has 0 aliphatic rings. The standard InChI is InChI=1S/C25H17F6IO3S/c26-24(27,28)17-5-1-3-15(11-17)20(16-4-2-6-18(12-16)25(29,30)31)9-10-36-22-8-7-19(13-21(22)32)35-14-23(33)34/h1-9,11-13H,10,14H2,(H,33,34). The first-order valence-electron chi connectivity index (χ1n) is 10.2. The van der Waals surface area contributed by atoms with Crippen molar-refractivity contribution in [2.75, 3.05) is 12.4 Å². The summed E-state index contributed by atoms with van der Waals surface area (Å²) in [5.41, 5.74) is -1.31. The SMILES string of the molecule is O=C(O)COc1ccc(SCC=C(c2cccc(C(F)(F)F)c2)c2cccc(C(F)(F)F)c2)c(I)c1. The fraction of sp³-hybridized carbons (Fsp3) is 0.160. The van der Waals surface area contributed by atoms with Crippen LogP contribution in [-0.4, -0.2) is 23.4 Å². The fourth-order valence-corrected chi connectivity index (χ4v) is 4.92. The van der Waals surface area contributed by atoms with Crippen LogP contribution in [0.25, 0.3) is 5.57 Å². The molecule has 0 aromatic heterocycles. The number of halogens is 7. The van der Waals surface area contributed by atoms with Gasteiger partial charge in [0.2, 0.25) is 0 Å². The molecular weight excluding hydrogens is 621 g/mol. The number of hydrogen-bond donors (Lipinski definition) is 1. The Balaban J connectivity index is 1.94. The predicted octanol–water partition coefficient (Wildman–Crippen LogP) is 8.02. The molecule has 0 radical (unpaired) electrons. The lowest BCUT2D eigenvalue weighted by molar-refractivity contribution is -0.139. The molecule has 0 atom stereocenters. The van der Waals surface area contributed by atoms with Crippen molar-refractivity contribution in [3.8, 4) is 5.75 Å². The van der Waals surface area contributed by atoms with E-state index in [0.29, 0.717) is 5.75 Å². The number of carbonyl (C=O) groups is 1. The third-order valence-electron chi connectivity index (χ3n) is 4.79. The van der Waals surface area contributed by atoms with E-state index < -0.39 is 36.1 Å². The van der Waals surface area contributed by atoms with E-state index in [0.717, 1.165) is 32.7 Å². The molecule has 1 N–H and O–H groups in total. The Morgan fingerprint density at radius 2 is 1.44 bits per heavy atom. The highest BCUT2D eigenvalue weighted by Crippen LogP contribution is 2.36. The first-order chi connectivity index (χ1) is 16.8. The van der Waals surface area contributed by atoms with Gasteiger partial charge >= 0.3 is 18.3 Å². The normalized spacial score (nSPS) is 11.8. The van der Waals surface area contributed by atoms with E-state index in [1.54, 1.807) is 24.3 Å². The van der Waals surface area contributed by atoms with Crippen LogP contribution in [0, 0.1) is 3.57 Å². The largest absolute Gasteiger partial charge is 0.482 e. The van der Waals surface area contributed by atoms with Crippen molar-refractivity contribution < 1.29 is 41.0 Å². The Hall–Kier alpha value is -2.67. The van der Waals surface area contributed by atoms with E-state index in [2.05, 4.69) is 0 Å². The van der Waals surface area contributed by atoms with E-state index in [-0.39, 0.29) is 22.5 Å². The molecule has 0 fully saturated rings. The third-order valence-corrected chi connectivity index (χ3v) is 7.05. The highest BCUT2D eigenvalue weighted by atomic mass is 127. The number of aliphatic carboxylic acids is 1. The molecule has 3 aromatic carbocycles. The molecule has 0 amide bonds. The average molecular weight is 638 g/mol. The third kappa shape index (κ3) is 7.66. The Kier molecular flexibility index (Phi) is 8.98. The van der Waals surface area contributed by atoms with Gasteiger partial charge < -0.3 is 9.84 Å². The summed E-state index contributed by atoms with van der Waals surface area (Å²) in [5.74, 6) is -0.520. The first kappa shape index (κ1) is 27.9. The monoisotopic (exact) mass is 638 g/mol. The van der Waals surface area contributed by atoms with Gasteiger partial charge in [0.05, 0.1) is 11.1 Å². The van der Waals surface area contributed by atoms with E-state index in [1.165, 1.54) is 36.0 Å². The van der Waals surface area contributed by atoms with Crippen LogP contribution in [-0.2, 0) is 17.1 Å². The summed E-state index contributed by atoms with van der Waals surface area (Å²) in [7, 11) is 0. The van der Waals surface area contributed by atoms with Crippen LogP contribution < -0.4 is 4.74 Å². The van der Waals surface area contributed by atoms with Gasteiger partial charge in [-0.3, -0.25) is 0 Å². The Labute approximate surface area is 220 Å². The second kappa shape index (κ2) is 11.6. The van der Waals surface area contributed by atoms with Gasteiger partial charge in [-0.2, -0.15) is 26.3 Å². The smallest absolute Gasteiger partial charge is 0.416 e. The molecule has 0 aliphatic carbocycles. The van der Waals surface area contributed by atoms with Gasteiger partial charge in [0.1, 0.15) is 5.75 Å². The van der Waals surface area contributed by atoms with Gasteiger partial charge in [-0.25, -0.2) is 4.79 Å². The van der Waals surface area contributed by atoms with Crippen LogP contribution in [0.4, 0.5) is 26.3 Å². The van der Waals surface area contributed by atoms with Crippen molar-refractivity contribution in [1.82, 2.24) is 0 Å². The highest BCUT2D eigenvalue weighted by Gasteiger charge is 2.32. The molecule has 3 nitrogen and oxygen atoms in total. The van der Waals surface area contributed by atoms with Crippen LogP contribution in [0.2, 0.25) is 0 Å². The van der Waals surface area contributed by atoms with E-state index in [4.69, 9.17) is 9.84 Å². The molecule has 3 rings (SSSR count). The van der Waals surface area contributed by atoms with Crippen LogP contribution in [0.15, 0.2) is 77.7 Å². The molecule has 0 bridgehead atoms. The van der Waals surface area contributed by atoms with Crippen LogP contribution in [0.5, 0.6) is 5.75 Å². The van der Waals surface area contributed by atoms with Crippen LogP contribution in [0.1, 0.15) is 22.3 Å². The molecule has 0 unspecified atom stereocenters. The molecule has 36 heavy (non-hydrogen) atoms. The van der Waals surface area contributed by atoms with Crippen molar-refractivity contribution in [2.24, 2.45) is 0 Å². The van der Waals surface area contributed by atoms with Gasteiger partial charge in [-0.05, 0) is 81.8 Å². The summed E-state index contributed by atoms with van der Waals surface area (Å²) < 4.78 is 85.6. The van der Waals surface area contributed by atoms with Gasteiger partial charge in [0, 0.05) is 14.2 Å². The number of thioether (sulfide) groups is 1. The summed E-state index contributed by atoms with van der Waals surface area (Å²) in [5, 5.41) is 8.72. The predicted molar refractivity (Wildman–Crippen MR) is 133 cm³/mol. The molecular formula is C25H17F6IO3S. The van der Waals surface area contributed by atoms with Crippen LogP contribution >= 0.6 is 34.4 Å². The van der Waals surface area contributed by atoms with Crippen molar-refractivity contribution in [1.29, 1.82) is 0 Å². The summed E-state index contributed by atoms with van der Waals surface area (Å²) in [4.78, 5) is 11.4. The zero-order valence-electron chi connectivity index (χ0n) is 18.2. The number of alkyl halides is 6. The van der Waals surface area contributed by atoms with E-state index >= 15 is 0 Å². The number of carboxylic acid groups (broad SMARTS) is 1. The number of rotatable bonds is 8. The quantitative estimate of drug-likeness (QED) is 0.154. The zero-order valence-corrected chi connectivity index (χ0v) is 21.1. The van der Waals surface area contributed by atoms with Gasteiger partial charge in [-0.1, -0.05) is 30.3 Å². The average Bonchev–Trinajstić information content (AvgIpc) is 2.80. The first-order valence-corrected chi connectivity index (χ1v) is 12.2. The Morgan fingerprint density at radius 1 is 0.889 bits per heavy atom. The summed E-state index contributed by atoms with van der Waals surface area (Å²) in [6.45, 7) is -0.497. The molecule has 0 spiro atoms. The molecule has 0 saturated carbocycles. The lowest BCUT2D eigenvalue weighted by Crippen LogP contribution is -2.09. The zero-order chi connectivity index (χ0) is 26.5. The summed E-state index contributed by atoms with van der Waals surface area (Å²) >= 11 is 3.35. The van der Waals surface area contributed by atoms with Crippen molar-refractivity contribution in [2.45, 2.75) is 17.2 Å². The van der Waals surface area contributed by atoms with E-state index in [9.17, 15) is 31.1 Å². The second-order valence-corrected chi connectivity index (χ2v) is 9.58. The van der Waals surface area contributed by atoms with Crippen molar-refractivity contribution >= 4 is 45.9 Å². The Bertz CT molecular complexity index is 1210. The number of benzene rings is 3. The topological polar surface area (TPSA) is 46.5 Å². The number of hydrogen-bond acceptors (Lipinski definition) is 3. The fourth-order valence-electron chi connectivity index (χ4n) is 3.18. The van der Waals surface area contributed by atoms with Crippen molar-refractivity contribution in [3.63, 3.8) is 0 Å². The minimum Gasteiger partial charge on any atom is -0.482 e. The number of ether oxygens (including phenoxy) is 1. The maximum atomic E-state index is 13.3. The maximum Gasteiger partial charge on any atom is 0.416 e. The van der Waals surface area contributed by atoms with E-state index in [1.807, 2.05) is 22.6 Å². The summed E-state index contributed by atoms with van der Waals surface area (Å²) in [6, 6.07) is 13.8. The molecule has 190 valence electrons. The van der Waals surface area contributed by atoms with Crippen LogP contribution in [0.3, 0.4) is 0 Å². The highest BCUT2D eigenvalue weighted by molar-refractivity contribution is 14.1. The minimum absolute atomic E-state index is 0.136. The second-order valence-electron chi connectivity index (χ2n) is 7.36. The number of carboxylic acids is 1. The lowest BCUT2D eigenvalue weighted by atomic mass is 9.95. The van der Waals surface area contributed by atoms with Gasteiger partial charge in [0.15, 0.2) is 6.61 Å². The lowest BCUT2D eigenvalue weighted by Gasteiger charge is -2.14. The maximum absolute atomic E-state index is 13.3. The summed E-state index contributed by atoms with van der Waals surface area (Å²) in [6.07, 6.45) is -7.63. The van der Waals surface area contributed by atoms with Crippen molar-refractivity contribution in [3.05, 3.63) is 98.6 Å².